The van der Waals surface area contributed by atoms with Crippen LogP contribution in [0.1, 0.15) is 25.0 Å². The molecular weight excluding hydrogens is 396 g/mol. The minimum absolute atomic E-state index is 0.0180. The highest BCUT2D eigenvalue weighted by Crippen LogP contribution is 2.52. The predicted octanol–water partition coefficient (Wildman–Crippen LogP) is 3.84. The smallest absolute Gasteiger partial charge is 0.342 e. The van der Waals surface area contributed by atoms with Crippen molar-refractivity contribution in [3.63, 3.8) is 0 Å². The molecule has 0 N–H and O–H groups in total. The number of ether oxygens (including phenoxy) is 2. The third-order valence-electron chi connectivity index (χ3n) is 5.01. The first kappa shape index (κ1) is 19.2. The Labute approximate surface area is 171 Å². The Hall–Kier alpha value is -3.12. The molecule has 0 aliphatic heterocycles. The molecule has 0 atom stereocenters. The van der Waals surface area contributed by atoms with E-state index in [9.17, 15) is 14.4 Å². The van der Waals surface area contributed by atoms with Crippen molar-refractivity contribution in [3.8, 4) is 11.1 Å². The van der Waals surface area contributed by atoms with Crippen molar-refractivity contribution in [1.29, 1.82) is 0 Å². The maximum Gasteiger partial charge on any atom is 0.342 e. The number of hydrogen-bond donors (Lipinski definition) is 0. The number of carbonyl (C=O) groups is 2. The lowest BCUT2D eigenvalue weighted by molar-refractivity contribution is -0.162. The second kappa shape index (κ2) is 7.04. The SMILES string of the molecule is CCOC(=O)C1(C(=O)OCC)c2cc(Cl)ccc2-c2c1c(=O)oc1ccccc21. The molecule has 0 spiro atoms. The first-order valence-electron chi connectivity index (χ1n) is 9.17. The van der Waals surface area contributed by atoms with Crippen LogP contribution in [-0.2, 0) is 24.5 Å². The van der Waals surface area contributed by atoms with Gasteiger partial charge < -0.3 is 13.9 Å². The number of benzene rings is 2. The maximum absolute atomic E-state index is 13.3. The molecule has 0 saturated carbocycles. The monoisotopic (exact) mass is 412 g/mol. The first-order chi connectivity index (χ1) is 14.0. The molecule has 0 fully saturated rings. The van der Waals surface area contributed by atoms with E-state index in [-0.39, 0.29) is 24.3 Å². The molecule has 148 valence electrons. The van der Waals surface area contributed by atoms with E-state index in [4.69, 9.17) is 25.5 Å². The summed E-state index contributed by atoms with van der Waals surface area (Å²) in [6, 6.07) is 11.8. The quantitative estimate of drug-likeness (QED) is 0.368. The molecule has 4 rings (SSSR count). The number of esters is 2. The van der Waals surface area contributed by atoms with Crippen LogP contribution in [0.15, 0.2) is 51.7 Å². The van der Waals surface area contributed by atoms with Gasteiger partial charge in [0.1, 0.15) is 5.58 Å². The molecular formula is C22H17ClO6. The van der Waals surface area contributed by atoms with Gasteiger partial charge in [0.15, 0.2) is 0 Å². The summed E-state index contributed by atoms with van der Waals surface area (Å²) in [5.74, 6) is -1.80. The van der Waals surface area contributed by atoms with Crippen LogP contribution >= 0.6 is 11.6 Å². The highest BCUT2D eigenvalue weighted by molar-refractivity contribution is 6.31. The number of rotatable bonds is 4. The van der Waals surface area contributed by atoms with Crippen LogP contribution in [0, 0.1) is 0 Å². The first-order valence-corrected chi connectivity index (χ1v) is 9.55. The van der Waals surface area contributed by atoms with Crippen LogP contribution in [-0.4, -0.2) is 25.2 Å². The van der Waals surface area contributed by atoms with Gasteiger partial charge in [-0.25, -0.2) is 4.79 Å². The molecule has 7 heteroatoms. The third-order valence-corrected chi connectivity index (χ3v) is 5.24. The highest BCUT2D eigenvalue weighted by atomic mass is 35.5. The summed E-state index contributed by atoms with van der Waals surface area (Å²) < 4.78 is 16.0. The molecule has 0 unspecified atom stereocenters. The summed E-state index contributed by atoms with van der Waals surface area (Å²) in [5.41, 5.74) is -1.43. The van der Waals surface area contributed by atoms with E-state index >= 15 is 0 Å². The van der Waals surface area contributed by atoms with E-state index in [0.29, 0.717) is 27.1 Å². The molecule has 0 radical (unpaired) electrons. The van der Waals surface area contributed by atoms with Crippen molar-refractivity contribution < 1.29 is 23.5 Å². The van der Waals surface area contributed by atoms with E-state index < -0.39 is 23.0 Å². The molecule has 2 aromatic carbocycles. The third kappa shape index (κ3) is 2.59. The van der Waals surface area contributed by atoms with Crippen molar-refractivity contribution in [1.82, 2.24) is 0 Å². The second-order valence-electron chi connectivity index (χ2n) is 6.52. The van der Waals surface area contributed by atoms with E-state index in [1.807, 2.05) is 0 Å². The summed E-state index contributed by atoms with van der Waals surface area (Å²) >= 11 is 6.21. The van der Waals surface area contributed by atoms with Crippen LogP contribution in [0.4, 0.5) is 0 Å². The summed E-state index contributed by atoms with van der Waals surface area (Å²) in [4.78, 5) is 39.6. The van der Waals surface area contributed by atoms with Crippen molar-refractivity contribution in [3.05, 3.63) is 69.0 Å². The van der Waals surface area contributed by atoms with E-state index in [1.165, 1.54) is 6.07 Å². The Bertz CT molecular complexity index is 1190. The minimum Gasteiger partial charge on any atom is -0.465 e. The number of para-hydroxylation sites is 1. The summed E-state index contributed by atoms with van der Waals surface area (Å²) in [5, 5.41) is 0.907. The van der Waals surface area contributed by atoms with Gasteiger partial charge in [0, 0.05) is 16.0 Å². The standard InChI is InChI=1S/C22H17ClO6/c1-3-27-20(25)22(21(26)28-4-2)15-11-12(23)9-10-13(15)17-14-7-5-6-8-16(14)29-19(24)18(17)22/h5-11H,3-4H2,1-2H3. The molecule has 0 amide bonds. The highest BCUT2D eigenvalue weighted by Gasteiger charge is 2.60. The topological polar surface area (TPSA) is 82.8 Å². The summed E-state index contributed by atoms with van der Waals surface area (Å²) in [6.45, 7) is 3.27. The van der Waals surface area contributed by atoms with Gasteiger partial charge >= 0.3 is 17.6 Å². The Balaban J connectivity index is 2.23. The maximum atomic E-state index is 13.3. The fourth-order valence-corrected chi connectivity index (χ4v) is 4.11. The van der Waals surface area contributed by atoms with Crippen LogP contribution in [0.2, 0.25) is 5.02 Å². The zero-order chi connectivity index (χ0) is 20.8. The predicted molar refractivity (Wildman–Crippen MR) is 107 cm³/mol. The van der Waals surface area contributed by atoms with Crippen LogP contribution in [0.5, 0.6) is 0 Å². The van der Waals surface area contributed by atoms with Gasteiger partial charge in [-0.2, -0.15) is 0 Å². The Morgan fingerprint density at radius 3 is 2.34 bits per heavy atom. The zero-order valence-electron chi connectivity index (χ0n) is 15.8. The van der Waals surface area contributed by atoms with Crippen molar-refractivity contribution in [2.75, 3.05) is 13.2 Å². The number of halogens is 1. The summed E-state index contributed by atoms with van der Waals surface area (Å²) in [7, 11) is 0. The fourth-order valence-electron chi connectivity index (χ4n) is 3.94. The van der Waals surface area contributed by atoms with Crippen LogP contribution in [0.3, 0.4) is 0 Å². The lowest BCUT2D eigenvalue weighted by Crippen LogP contribution is -2.48. The van der Waals surface area contributed by atoms with E-state index in [2.05, 4.69) is 0 Å². The van der Waals surface area contributed by atoms with Gasteiger partial charge in [-0.05, 0) is 43.2 Å². The van der Waals surface area contributed by atoms with E-state index in [0.717, 1.165) is 0 Å². The largest absolute Gasteiger partial charge is 0.465 e. The average molecular weight is 413 g/mol. The normalized spacial score (nSPS) is 13.6. The minimum atomic E-state index is -2.10. The van der Waals surface area contributed by atoms with Gasteiger partial charge in [-0.1, -0.05) is 35.9 Å². The van der Waals surface area contributed by atoms with Crippen LogP contribution in [0.25, 0.3) is 22.1 Å². The van der Waals surface area contributed by atoms with Crippen LogP contribution < -0.4 is 5.63 Å². The van der Waals surface area contributed by atoms with Gasteiger partial charge in [0.2, 0.25) is 5.41 Å². The lowest BCUT2D eigenvalue weighted by atomic mass is 9.78. The molecule has 1 aliphatic carbocycles. The van der Waals surface area contributed by atoms with E-state index in [1.54, 1.807) is 50.2 Å². The summed E-state index contributed by atoms with van der Waals surface area (Å²) in [6.07, 6.45) is 0. The number of hydrogen-bond acceptors (Lipinski definition) is 6. The van der Waals surface area contributed by atoms with Gasteiger partial charge in [0.25, 0.3) is 0 Å². The molecule has 1 aromatic heterocycles. The van der Waals surface area contributed by atoms with Gasteiger partial charge in [-0.3, -0.25) is 9.59 Å². The Morgan fingerprint density at radius 1 is 1.03 bits per heavy atom. The molecule has 1 heterocycles. The molecule has 29 heavy (non-hydrogen) atoms. The average Bonchev–Trinajstić information content (AvgIpc) is 3.00. The molecule has 3 aromatic rings. The Morgan fingerprint density at radius 2 is 1.69 bits per heavy atom. The fraction of sp³-hybridized carbons (Fsp3) is 0.227. The molecule has 1 aliphatic rings. The molecule has 0 saturated heterocycles. The molecule has 6 nitrogen and oxygen atoms in total. The van der Waals surface area contributed by atoms with Crippen molar-refractivity contribution in [2.24, 2.45) is 0 Å². The van der Waals surface area contributed by atoms with Crippen molar-refractivity contribution in [2.45, 2.75) is 19.3 Å². The van der Waals surface area contributed by atoms with Crippen molar-refractivity contribution >= 4 is 34.5 Å². The number of carbonyl (C=O) groups excluding carboxylic acids is 2. The van der Waals surface area contributed by atoms with Gasteiger partial charge in [0.05, 0.1) is 18.8 Å². The lowest BCUT2D eigenvalue weighted by Gasteiger charge is -2.26. The second-order valence-corrected chi connectivity index (χ2v) is 6.95. The number of fused-ring (bicyclic) bond motifs is 5. The molecule has 0 bridgehead atoms. The zero-order valence-corrected chi connectivity index (χ0v) is 16.5. The van der Waals surface area contributed by atoms with Gasteiger partial charge in [-0.15, -0.1) is 0 Å². The Kier molecular flexibility index (Phi) is 4.67.